The van der Waals surface area contributed by atoms with Gasteiger partial charge in [-0.15, -0.1) is 0 Å². The Morgan fingerprint density at radius 2 is 1.84 bits per heavy atom. The number of amides is 1. The normalized spacial score (nSPS) is 15.7. The molecule has 0 bridgehead atoms. The summed E-state index contributed by atoms with van der Waals surface area (Å²) >= 11 is 3.44. The number of hydrazone groups is 1. The summed E-state index contributed by atoms with van der Waals surface area (Å²) in [7, 11) is 0. The van der Waals surface area contributed by atoms with E-state index >= 15 is 0 Å². The van der Waals surface area contributed by atoms with Gasteiger partial charge in [0.2, 0.25) is 0 Å². The molecule has 2 heterocycles. The highest BCUT2D eigenvalue weighted by Crippen LogP contribution is 2.29. The molecule has 1 amide bonds. The molecule has 0 saturated heterocycles. The van der Waals surface area contributed by atoms with Crippen LogP contribution in [-0.4, -0.2) is 11.6 Å². The third-order valence-corrected chi connectivity index (χ3v) is 4.30. The van der Waals surface area contributed by atoms with Gasteiger partial charge in [-0.2, -0.15) is 10.1 Å². The molecule has 25 heavy (non-hydrogen) atoms. The molecule has 0 atom stereocenters. The minimum Gasteiger partial charge on any atom is -0.465 e. The van der Waals surface area contributed by atoms with Crippen molar-refractivity contribution < 1.29 is 9.21 Å². The van der Waals surface area contributed by atoms with E-state index in [9.17, 15) is 4.79 Å². The minimum absolute atomic E-state index is 0.187. The first kappa shape index (κ1) is 15.6. The molecule has 4 nitrogen and oxygen atoms in total. The van der Waals surface area contributed by atoms with Gasteiger partial charge in [0.1, 0.15) is 11.5 Å². The number of hydrogen-bond acceptors (Lipinski definition) is 3. The lowest BCUT2D eigenvalue weighted by Crippen LogP contribution is -2.21. The molecule has 5 heteroatoms. The maximum absolute atomic E-state index is 13.0. The number of carbonyl (C=O) groups is 1. The lowest BCUT2D eigenvalue weighted by Gasteiger charge is -2.11. The van der Waals surface area contributed by atoms with Crippen LogP contribution in [0.5, 0.6) is 0 Å². The molecule has 0 unspecified atom stereocenters. The average Bonchev–Trinajstić information content (AvgIpc) is 3.25. The van der Waals surface area contributed by atoms with Crippen molar-refractivity contribution in [1.82, 2.24) is 0 Å². The summed E-state index contributed by atoms with van der Waals surface area (Å²) in [5.41, 5.74) is 2.71. The van der Waals surface area contributed by atoms with Crippen LogP contribution in [0.2, 0.25) is 0 Å². The van der Waals surface area contributed by atoms with E-state index in [-0.39, 0.29) is 5.91 Å². The minimum atomic E-state index is -0.187. The Morgan fingerprint density at radius 1 is 1.00 bits per heavy atom. The molecule has 0 N–H and O–H groups in total. The van der Waals surface area contributed by atoms with Crippen molar-refractivity contribution in [2.75, 3.05) is 5.01 Å². The SMILES string of the molecule is O=C1C(=Cc2ccco2)C(c2ccccc2)=NN1c1cccc(Br)c1. The first-order valence-corrected chi connectivity index (χ1v) is 8.51. The highest BCUT2D eigenvalue weighted by molar-refractivity contribution is 9.10. The number of furan rings is 1. The molecule has 4 rings (SSSR count). The summed E-state index contributed by atoms with van der Waals surface area (Å²) in [5.74, 6) is 0.427. The maximum atomic E-state index is 13.0. The first-order valence-electron chi connectivity index (χ1n) is 7.72. The topological polar surface area (TPSA) is 45.8 Å². The lowest BCUT2D eigenvalue weighted by atomic mass is 10.0. The summed E-state index contributed by atoms with van der Waals surface area (Å²) in [4.78, 5) is 13.0. The zero-order valence-corrected chi connectivity index (χ0v) is 14.7. The van der Waals surface area contributed by atoms with Gasteiger partial charge in [-0.1, -0.05) is 52.3 Å². The molecule has 0 radical (unpaired) electrons. The Hall–Kier alpha value is -2.92. The molecule has 2 aromatic carbocycles. The number of carbonyl (C=O) groups excluding carboxylic acids is 1. The Kier molecular flexibility index (Phi) is 4.07. The van der Waals surface area contributed by atoms with Crippen LogP contribution in [0.15, 0.2) is 92.6 Å². The molecule has 1 aliphatic heterocycles. The van der Waals surface area contributed by atoms with Crippen molar-refractivity contribution >= 4 is 39.3 Å². The Balaban J connectivity index is 1.84. The van der Waals surface area contributed by atoms with Gasteiger partial charge in [-0.3, -0.25) is 4.79 Å². The fourth-order valence-corrected chi connectivity index (χ4v) is 3.04. The van der Waals surface area contributed by atoms with Crippen LogP contribution in [0.1, 0.15) is 11.3 Å². The van der Waals surface area contributed by atoms with Crippen molar-refractivity contribution in [2.45, 2.75) is 0 Å². The lowest BCUT2D eigenvalue weighted by molar-refractivity contribution is -0.114. The van der Waals surface area contributed by atoms with E-state index in [0.29, 0.717) is 22.7 Å². The van der Waals surface area contributed by atoms with Crippen molar-refractivity contribution in [1.29, 1.82) is 0 Å². The maximum Gasteiger partial charge on any atom is 0.281 e. The summed E-state index contributed by atoms with van der Waals surface area (Å²) in [6.07, 6.45) is 3.31. The van der Waals surface area contributed by atoms with Crippen LogP contribution in [0.4, 0.5) is 5.69 Å². The Labute approximate surface area is 153 Å². The highest BCUT2D eigenvalue weighted by Gasteiger charge is 2.32. The van der Waals surface area contributed by atoms with E-state index in [1.165, 1.54) is 5.01 Å². The number of nitrogens with zero attached hydrogens (tertiary/aromatic N) is 2. The first-order chi connectivity index (χ1) is 12.2. The molecule has 3 aromatic rings. The third-order valence-electron chi connectivity index (χ3n) is 3.81. The molecule has 1 aromatic heterocycles. The van der Waals surface area contributed by atoms with Crippen molar-refractivity contribution in [2.24, 2.45) is 5.10 Å². The molecule has 0 fully saturated rings. The van der Waals surface area contributed by atoms with E-state index in [2.05, 4.69) is 21.0 Å². The van der Waals surface area contributed by atoms with Gasteiger partial charge >= 0.3 is 0 Å². The van der Waals surface area contributed by atoms with E-state index in [0.717, 1.165) is 10.0 Å². The Bertz CT molecular complexity index is 976. The fraction of sp³-hybridized carbons (Fsp3) is 0. The Morgan fingerprint density at radius 3 is 2.56 bits per heavy atom. The average molecular weight is 393 g/mol. The van der Waals surface area contributed by atoms with E-state index in [4.69, 9.17) is 4.42 Å². The van der Waals surface area contributed by atoms with Gasteiger partial charge in [0, 0.05) is 10.0 Å². The van der Waals surface area contributed by atoms with E-state index < -0.39 is 0 Å². The smallest absolute Gasteiger partial charge is 0.281 e. The zero-order valence-electron chi connectivity index (χ0n) is 13.1. The van der Waals surface area contributed by atoms with Crippen LogP contribution in [0.3, 0.4) is 0 Å². The van der Waals surface area contributed by atoms with Crippen LogP contribution < -0.4 is 5.01 Å². The third kappa shape index (κ3) is 3.06. The van der Waals surface area contributed by atoms with Crippen LogP contribution in [-0.2, 0) is 4.79 Å². The van der Waals surface area contributed by atoms with E-state index in [1.54, 1.807) is 18.4 Å². The largest absolute Gasteiger partial charge is 0.465 e. The van der Waals surface area contributed by atoms with Gasteiger partial charge in [-0.05, 0) is 36.4 Å². The molecule has 0 aliphatic carbocycles. The van der Waals surface area contributed by atoms with Crippen molar-refractivity contribution in [3.8, 4) is 0 Å². The van der Waals surface area contributed by atoms with Crippen molar-refractivity contribution in [3.63, 3.8) is 0 Å². The molecular weight excluding hydrogens is 380 g/mol. The second kappa shape index (κ2) is 6.53. The number of rotatable bonds is 3. The standard InChI is InChI=1S/C20H13BrN2O2/c21-15-8-4-9-16(12-15)23-20(24)18(13-17-10-5-11-25-17)19(22-23)14-6-2-1-3-7-14/h1-13H. The summed E-state index contributed by atoms with van der Waals surface area (Å²) < 4.78 is 6.27. The van der Waals surface area contributed by atoms with Gasteiger partial charge in [0.05, 0.1) is 17.5 Å². The van der Waals surface area contributed by atoms with Gasteiger partial charge < -0.3 is 4.42 Å². The zero-order chi connectivity index (χ0) is 17.2. The summed E-state index contributed by atoms with van der Waals surface area (Å²) in [6, 6.07) is 20.8. The van der Waals surface area contributed by atoms with Gasteiger partial charge in [0.25, 0.3) is 5.91 Å². The van der Waals surface area contributed by atoms with Crippen molar-refractivity contribution in [3.05, 3.63) is 94.4 Å². The number of hydrogen-bond donors (Lipinski definition) is 0. The molecule has 122 valence electrons. The molecular formula is C20H13BrN2O2. The predicted molar refractivity (Wildman–Crippen MR) is 101 cm³/mol. The van der Waals surface area contributed by atoms with Crippen LogP contribution in [0.25, 0.3) is 6.08 Å². The second-order valence-corrected chi connectivity index (χ2v) is 6.40. The molecule has 0 spiro atoms. The number of anilines is 1. The fourth-order valence-electron chi connectivity index (χ4n) is 2.65. The molecule has 1 aliphatic rings. The second-order valence-electron chi connectivity index (χ2n) is 5.48. The number of halogens is 1. The predicted octanol–water partition coefficient (Wildman–Crippen LogP) is 4.88. The van der Waals surface area contributed by atoms with E-state index in [1.807, 2.05) is 60.7 Å². The summed E-state index contributed by atoms with van der Waals surface area (Å²) in [5, 5.41) is 6.00. The highest BCUT2D eigenvalue weighted by atomic mass is 79.9. The monoisotopic (exact) mass is 392 g/mol. The quantitative estimate of drug-likeness (QED) is 0.596. The van der Waals surface area contributed by atoms with Crippen LogP contribution in [0, 0.1) is 0 Å². The summed E-state index contributed by atoms with van der Waals surface area (Å²) in [6.45, 7) is 0. The molecule has 0 saturated carbocycles. The van der Waals surface area contributed by atoms with Crippen LogP contribution >= 0.6 is 15.9 Å². The number of benzene rings is 2. The van der Waals surface area contributed by atoms with Gasteiger partial charge in [-0.25, -0.2) is 0 Å². The van der Waals surface area contributed by atoms with Gasteiger partial charge in [0.15, 0.2) is 0 Å².